The minimum absolute atomic E-state index is 0.00309. The van der Waals surface area contributed by atoms with Crippen molar-refractivity contribution in [2.24, 2.45) is 0 Å². The van der Waals surface area contributed by atoms with Crippen LogP contribution in [0.4, 0.5) is 0 Å². The number of phenolic OH excluding ortho intramolecular Hbond substituents is 1. The lowest BCUT2D eigenvalue weighted by Crippen LogP contribution is -2.11. The molecule has 76 valence electrons. The minimum atomic E-state index is -1.71. The van der Waals surface area contributed by atoms with E-state index in [1.54, 1.807) is 6.92 Å². The molecule has 1 atom stereocenters. The average molecular weight is 217 g/mol. The first-order chi connectivity index (χ1) is 6.43. The number of phenols is 1. The number of aliphatic hydroxyl groups is 1. The molecule has 0 aromatic heterocycles. The SMILES string of the molecule is Cc1cc(O)c(Cl)c(C(O)C(=O)O)c1. The lowest BCUT2D eigenvalue weighted by Gasteiger charge is -2.10. The fraction of sp³-hybridized carbons (Fsp3) is 0.222. The molecule has 0 fully saturated rings. The van der Waals surface area contributed by atoms with Crippen LogP contribution < -0.4 is 0 Å². The summed E-state index contributed by atoms with van der Waals surface area (Å²) in [6.07, 6.45) is -1.71. The summed E-state index contributed by atoms with van der Waals surface area (Å²) in [4.78, 5) is 10.5. The zero-order valence-corrected chi connectivity index (χ0v) is 8.12. The Morgan fingerprint density at radius 3 is 2.57 bits per heavy atom. The van der Waals surface area contributed by atoms with Gasteiger partial charge in [0.2, 0.25) is 0 Å². The number of aliphatic hydroxyl groups excluding tert-OH is 1. The van der Waals surface area contributed by atoms with E-state index >= 15 is 0 Å². The maximum atomic E-state index is 10.5. The maximum absolute atomic E-state index is 10.5. The van der Waals surface area contributed by atoms with E-state index in [9.17, 15) is 15.0 Å². The molecule has 1 aromatic carbocycles. The number of benzene rings is 1. The molecule has 0 aliphatic rings. The number of carbonyl (C=O) groups is 1. The van der Waals surface area contributed by atoms with Crippen LogP contribution in [0.1, 0.15) is 17.2 Å². The lowest BCUT2D eigenvalue weighted by molar-refractivity contribution is -0.146. The Labute approximate surface area is 85.4 Å². The van der Waals surface area contributed by atoms with Crippen molar-refractivity contribution in [2.75, 3.05) is 0 Å². The van der Waals surface area contributed by atoms with E-state index in [4.69, 9.17) is 16.7 Å². The molecule has 0 heterocycles. The summed E-state index contributed by atoms with van der Waals surface area (Å²) in [5.74, 6) is -1.64. The summed E-state index contributed by atoms with van der Waals surface area (Å²) in [6.45, 7) is 1.66. The monoisotopic (exact) mass is 216 g/mol. The van der Waals surface area contributed by atoms with E-state index in [0.717, 1.165) is 0 Å². The fourth-order valence-corrected chi connectivity index (χ4v) is 1.32. The smallest absolute Gasteiger partial charge is 0.337 e. The largest absolute Gasteiger partial charge is 0.506 e. The summed E-state index contributed by atoms with van der Waals surface area (Å²) in [5.41, 5.74) is 0.624. The van der Waals surface area contributed by atoms with Crippen molar-refractivity contribution in [1.29, 1.82) is 0 Å². The molecular weight excluding hydrogens is 208 g/mol. The van der Waals surface area contributed by atoms with Gasteiger partial charge in [0.25, 0.3) is 0 Å². The predicted octanol–water partition coefficient (Wildman–Crippen LogP) is 1.47. The highest BCUT2D eigenvalue weighted by Gasteiger charge is 2.21. The standard InChI is InChI=1S/C9H9ClO4/c1-4-2-5(8(12)9(13)14)7(10)6(11)3-4/h2-3,8,11-12H,1H3,(H,13,14). The highest BCUT2D eigenvalue weighted by atomic mass is 35.5. The number of hydrogen-bond donors (Lipinski definition) is 3. The molecular formula is C9H9ClO4. The quantitative estimate of drug-likeness (QED) is 0.700. The molecule has 4 nitrogen and oxygen atoms in total. The second-order valence-corrected chi connectivity index (χ2v) is 3.31. The van der Waals surface area contributed by atoms with Crippen molar-refractivity contribution in [3.05, 3.63) is 28.3 Å². The van der Waals surface area contributed by atoms with Gasteiger partial charge in [-0.2, -0.15) is 0 Å². The van der Waals surface area contributed by atoms with Gasteiger partial charge in [-0.3, -0.25) is 0 Å². The maximum Gasteiger partial charge on any atom is 0.337 e. The van der Waals surface area contributed by atoms with Crippen molar-refractivity contribution < 1.29 is 20.1 Å². The molecule has 0 radical (unpaired) electrons. The van der Waals surface area contributed by atoms with Gasteiger partial charge >= 0.3 is 5.97 Å². The Balaban J connectivity index is 3.26. The van der Waals surface area contributed by atoms with Crippen LogP contribution in [0.15, 0.2) is 12.1 Å². The molecule has 0 aliphatic carbocycles. The molecule has 1 unspecified atom stereocenters. The average Bonchev–Trinajstić information content (AvgIpc) is 2.09. The van der Waals surface area contributed by atoms with Crippen LogP contribution in [0, 0.1) is 6.92 Å². The van der Waals surface area contributed by atoms with Crippen LogP contribution in [0.3, 0.4) is 0 Å². The first-order valence-electron chi connectivity index (χ1n) is 3.83. The summed E-state index contributed by atoms with van der Waals surface area (Å²) in [7, 11) is 0. The number of carboxylic acid groups (broad SMARTS) is 1. The molecule has 0 saturated carbocycles. The molecule has 0 spiro atoms. The first-order valence-corrected chi connectivity index (χ1v) is 4.21. The molecule has 1 aromatic rings. The summed E-state index contributed by atoms with van der Waals surface area (Å²) < 4.78 is 0. The third kappa shape index (κ3) is 1.97. The molecule has 0 aliphatic heterocycles. The second kappa shape index (κ2) is 3.86. The summed E-state index contributed by atoms with van der Waals surface area (Å²) in [5, 5.41) is 26.9. The minimum Gasteiger partial charge on any atom is -0.506 e. The van der Waals surface area contributed by atoms with E-state index in [0.29, 0.717) is 5.56 Å². The van der Waals surface area contributed by atoms with Gasteiger partial charge in [-0.25, -0.2) is 4.79 Å². The Hall–Kier alpha value is -1.26. The van der Waals surface area contributed by atoms with Gasteiger partial charge in [-0.1, -0.05) is 17.7 Å². The third-order valence-corrected chi connectivity index (χ3v) is 2.17. The van der Waals surface area contributed by atoms with Crippen molar-refractivity contribution in [3.8, 4) is 5.75 Å². The van der Waals surface area contributed by atoms with Crippen LogP contribution in [-0.2, 0) is 4.79 Å². The Morgan fingerprint density at radius 2 is 2.07 bits per heavy atom. The molecule has 1 rings (SSSR count). The fourth-order valence-electron chi connectivity index (χ4n) is 1.11. The number of aliphatic carboxylic acids is 1. The lowest BCUT2D eigenvalue weighted by atomic mass is 10.1. The number of carboxylic acids is 1. The highest BCUT2D eigenvalue weighted by molar-refractivity contribution is 6.33. The summed E-state index contributed by atoms with van der Waals surface area (Å²) in [6, 6.07) is 2.81. The van der Waals surface area contributed by atoms with Gasteiger partial charge in [-0.05, 0) is 18.6 Å². The van der Waals surface area contributed by atoms with Crippen LogP contribution in [-0.4, -0.2) is 21.3 Å². The molecule has 0 bridgehead atoms. The van der Waals surface area contributed by atoms with Crippen LogP contribution >= 0.6 is 11.6 Å². The number of rotatable bonds is 2. The topological polar surface area (TPSA) is 77.8 Å². The normalized spacial score (nSPS) is 12.5. The van der Waals surface area contributed by atoms with E-state index in [-0.39, 0.29) is 16.3 Å². The van der Waals surface area contributed by atoms with Gasteiger partial charge < -0.3 is 15.3 Å². The number of aromatic hydroxyl groups is 1. The van der Waals surface area contributed by atoms with Crippen molar-refractivity contribution in [3.63, 3.8) is 0 Å². The van der Waals surface area contributed by atoms with Crippen LogP contribution in [0.2, 0.25) is 5.02 Å². The molecule has 0 amide bonds. The zero-order valence-electron chi connectivity index (χ0n) is 7.36. The highest BCUT2D eigenvalue weighted by Crippen LogP contribution is 2.32. The van der Waals surface area contributed by atoms with Crippen LogP contribution in [0.25, 0.3) is 0 Å². The van der Waals surface area contributed by atoms with Gasteiger partial charge in [0.1, 0.15) is 5.75 Å². The van der Waals surface area contributed by atoms with E-state index in [2.05, 4.69) is 0 Å². The zero-order chi connectivity index (χ0) is 10.9. The molecule has 0 saturated heterocycles. The molecule has 3 N–H and O–H groups in total. The van der Waals surface area contributed by atoms with Crippen molar-refractivity contribution in [1.82, 2.24) is 0 Å². The van der Waals surface area contributed by atoms with Crippen LogP contribution in [0.5, 0.6) is 5.75 Å². The number of halogens is 1. The van der Waals surface area contributed by atoms with Gasteiger partial charge in [-0.15, -0.1) is 0 Å². The second-order valence-electron chi connectivity index (χ2n) is 2.93. The van der Waals surface area contributed by atoms with Gasteiger partial charge in [0, 0.05) is 5.56 Å². The van der Waals surface area contributed by atoms with E-state index in [1.165, 1.54) is 12.1 Å². The molecule has 14 heavy (non-hydrogen) atoms. The van der Waals surface area contributed by atoms with E-state index in [1.807, 2.05) is 0 Å². The Morgan fingerprint density at radius 1 is 1.50 bits per heavy atom. The summed E-state index contributed by atoms with van der Waals surface area (Å²) >= 11 is 5.63. The number of hydrogen-bond acceptors (Lipinski definition) is 3. The van der Waals surface area contributed by atoms with Crippen molar-refractivity contribution >= 4 is 17.6 Å². The first kappa shape index (κ1) is 10.8. The third-order valence-electron chi connectivity index (χ3n) is 1.75. The molecule has 5 heteroatoms. The van der Waals surface area contributed by atoms with Gasteiger partial charge in [0.15, 0.2) is 6.10 Å². The Bertz CT molecular complexity index is 375. The number of aryl methyl sites for hydroxylation is 1. The van der Waals surface area contributed by atoms with Crippen molar-refractivity contribution in [2.45, 2.75) is 13.0 Å². The predicted molar refractivity (Wildman–Crippen MR) is 50.4 cm³/mol. The van der Waals surface area contributed by atoms with Gasteiger partial charge in [0.05, 0.1) is 5.02 Å². The Kier molecular flexibility index (Phi) is 2.98. The van der Waals surface area contributed by atoms with E-state index < -0.39 is 12.1 Å².